The minimum absolute atomic E-state index is 0.514. The summed E-state index contributed by atoms with van der Waals surface area (Å²) < 4.78 is 1.03. The first kappa shape index (κ1) is 10.7. The number of nitrogens with zero attached hydrogens (tertiary/aromatic N) is 2. The van der Waals surface area contributed by atoms with Gasteiger partial charge >= 0.3 is 0 Å². The molecule has 0 atom stereocenters. The zero-order valence-corrected chi connectivity index (χ0v) is 10.8. The quantitative estimate of drug-likeness (QED) is 0.922. The van der Waals surface area contributed by atoms with Crippen molar-refractivity contribution in [1.82, 2.24) is 9.97 Å². The summed E-state index contributed by atoms with van der Waals surface area (Å²) in [6.45, 7) is 0. The number of aromatic nitrogens is 2. The van der Waals surface area contributed by atoms with Gasteiger partial charge in [0.2, 0.25) is 0 Å². The predicted molar refractivity (Wildman–Crippen MR) is 71.6 cm³/mol. The van der Waals surface area contributed by atoms with Gasteiger partial charge in [0.15, 0.2) is 0 Å². The van der Waals surface area contributed by atoms with E-state index >= 15 is 0 Å². The molecule has 0 bridgehead atoms. The van der Waals surface area contributed by atoms with Gasteiger partial charge in [0.05, 0.1) is 5.69 Å². The molecule has 1 fully saturated rings. The van der Waals surface area contributed by atoms with Gasteiger partial charge in [-0.3, -0.25) is 0 Å². The Bertz CT molecular complexity index is 564. The van der Waals surface area contributed by atoms with Gasteiger partial charge in [-0.1, -0.05) is 34.1 Å². The van der Waals surface area contributed by atoms with E-state index in [-0.39, 0.29) is 0 Å². The average Bonchev–Trinajstić information content (AvgIpc) is 3.12. The zero-order chi connectivity index (χ0) is 11.8. The molecule has 1 saturated carbocycles. The summed E-state index contributed by atoms with van der Waals surface area (Å²) in [5, 5.41) is 0. The molecule has 3 nitrogen and oxygen atoms in total. The summed E-state index contributed by atoms with van der Waals surface area (Å²) in [4.78, 5) is 8.91. The van der Waals surface area contributed by atoms with Gasteiger partial charge in [-0.2, -0.15) is 0 Å². The van der Waals surface area contributed by atoms with Crippen LogP contribution in [0.1, 0.15) is 24.6 Å². The minimum atomic E-state index is 0.514. The van der Waals surface area contributed by atoms with E-state index in [1.807, 2.05) is 30.3 Å². The average molecular weight is 290 g/mol. The molecular weight excluding hydrogens is 278 g/mol. The molecule has 1 aromatic carbocycles. The van der Waals surface area contributed by atoms with E-state index in [0.717, 1.165) is 21.6 Å². The molecule has 1 aliphatic rings. The molecule has 0 saturated heterocycles. The Labute approximate surface area is 108 Å². The molecule has 2 N–H and O–H groups in total. The van der Waals surface area contributed by atoms with Crippen molar-refractivity contribution in [1.29, 1.82) is 0 Å². The molecule has 1 heterocycles. The number of hydrogen-bond acceptors (Lipinski definition) is 3. The number of nitrogens with two attached hydrogens (primary N) is 1. The fraction of sp³-hybridized carbons (Fsp3) is 0.231. The van der Waals surface area contributed by atoms with E-state index < -0.39 is 0 Å². The maximum Gasteiger partial charge on any atom is 0.134 e. The Kier molecular flexibility index (Phi) is 2.59. The maximum atomic E-state index is 5.85. The van der Waals surface area contributed by atoms with E-state index in [9.17, 15) is 0 Å². The molecule has 3 rings (SSSR count). The van der Waals surface area contributed by atoms with Crippen molar-refractivity contribution in [3.63, 3.8) is 0 Å². The Hall–Kier alpha value is -1.42. The van der Waals surface area contributed by atoms with Crippen LogP contribution in [0, 0.1) is 0 Å². The first-order valence-corrected chi connectivity index (χ1v) is 6.42. The lowest BCUT2D eigenvalue weighted by Gasteiger charge is -2.06. The van der Waals surface area contributed by atoms with E-state index in [0.29, 0.717) is 11.7 Å². The maximum absolute atomic E-state index is 5.85. The summed E-state index contributed by atoms with van der Waals surface area (Å²) in [6.07, 6.45) is 2.36. The number of rotatable bonds is 2. The van der Waals surface area contributed by atoms with E-state index in [4.69, 9.17) is 5.73 Å². The molecule has 1 aromatic heterocycles. The van der Waals surface area contributed by atoms with E-state index in [1.54, 1.807) is 0 Å². The molecule has 0 unspecified atom stereocenters. The number of hydrogen-bond donors (Lipinski definition) is 1. The number of nitrogen functional groups attached to an aromatic ring is 1. The Morgan fingerprint density at radius 3 is 2.65 bits per heavy atom. The Balaban J connectivity index is 2.11. The fourth-order valence-corrected chi connectivity index (χ4v) is 2.30. The van der Waals surface area contributed by atoms with Crippen LogP contribution >= 0.6 is 15.9 Å². The number of halogens is 1. The van der Waals surface area contributed by atoms with Gasteiger partial charge < -0.3 is 5.73 Å². The Morgan fingerprint density at radius 2 is 1.94 bits per heavy atom. The highest BCUT2D eigenvalue weighted by Gasteiger charge is 2.27. The second-order valence-corrected chi connectivity index (χ2v) is 5.14. The van der Waals surface area contributed by atoms with Gasteiger partial charge in [0.1, 0.15) is 11.6 Å². The van der Waals surface area contributed by atoms with Crippen LogP contribution in [0.25, 0.3) is 11.3 Å². The van der Waals surface area contributed by atoms with E-state index in [2.05, 4.69) is 25.9 Å². The largest absolute Gasteiger partial charge is 0.384 e. The van der Waals surface area contributed by atoms with Crippen molar-refractivity contribution in [3.8, 4) is 11.3 Å². The highest BCUT2D eigenvalue weighted by molar-refractivity contribution is 9.10. The molecule has 0 radical (unpaired) electrons. The zero-order valence-electron chi connectivity index (χ0n) is 9.23. The van der Waals surface area contributed by atoms with Crippen LogP contribution in [0.5, 0.6) is 0 Å². The van der Waals surface area contributed by atoms with Crippen LogP contribution in [0.3, 0.4) is 0 Å². The van der Waals surface area contributed by atoms with Crippen LogP contribution in [0.4, 0.5) is 5.82 Å². The molecule has 0 aliphatic heterocycles. The normalized spacial score (nSPS) is 14.9. The standard InChI is InChI=1S/C13H12BrN3/c14-10-4-2-1-3-9(10)11-7-12(15)17-13(16-11)8-5-6-8/h1-4,7-8H,5-6H2,(H2,15,16,17). The third kappa shape index (κ3) is 2.17. The smallest absolute Gasteiger partial charge is 0.134 e. The van der Waals surface area contributed by atoms with Gasteiger partial charge in [0, 0.05) is 22.0 Å². The fourth-order valence-electron chi connectivity index (χ4n) is 1.82. The SMILES string of the molecule is Nc1cc(-c2ccccc2Br)nc(C2CC2)n1. The third-order valence-corrected chi connectivity index (χ3v) is 3.55. The first-order valence-electron chi connectivity index (χ1n) is 5.63. The van der Waals surface area contributed by atoms with Crippen molar-refractivity contribution in [2.24, 2.45) is 0 Å². The number of anilines is 1. The summed E-state index contributed by atoms with van der Waals surface area (Å²) in [5.74, 6) is 1.95. The minimum Gasteiger partial charge on any atom is -0.384 e. The highest BCUT2D eigenvalue weighted by atomic mass is 79.9. The van der Waals surface area contributed by atoms with Crippen LogP contribution in [-0.2, 0) is 0 Å². The second-order valence-electron chi connectivity index (χ2n) is 4.29. The van der Waals surface area contributed by atoms with Crippen molar-refractivity contribution < 1.29 is 0 Å². The van der Waals surface area contributed by atoms with Crippen LogP contribution in [0.15, 0.2) is 34.8 Å². The lowest BCUT2D eigenvalue weighted by atomic mass is 10.1. The molecular formula is C13H12BrN3. The second kappa shape index (κ2) is 4.11. The molecule has 0 spiro atoms. The molecule has 0 amide bonds. The summed E-state index contributed by atoms with van der Waals surface area (Å²) in [7, 11) is 0. The van der Waals surface area contributed by atoms with Gasteiger partial charge in [-0.15, -0.1) is 0 Å². The predicted octanol–water partition coefficient (Wildman–Crippen LogP) is 3.37. The lowest BCUT2D eigenvalue weighted by Crippen LogP contribution is -2.00. The lowest BCUT2D eigenvalue weighted by molar-refractivity contribution is 0.936. The number of benzene rings is 1. The monoisotopic (exact) mass is 289 g/mol. The molecule has 86 valence electrons. The van der Waals surface area contributed by atoms with Gasteiger partial charge in [-0.05, 0) is 18.9 Å². The van der Waals surface area contributed by atoms with Crippen LogP contribution < -0.4 is 5.73 Å². The summed E-state index contributed by atoms with van der Waals surface area (Å²) in [6, 6.07) is 9.84. The van der Waals surface area contributed by atoms with Crippen molar-refractivity contribution in [2.45, 2.75) is 18.8 Å². The van der Waals surface area contributed by atoms with Crippen molar-refractivity contribution in [2.75, 3.05) is 5.73 Å². The first-order chi connectivity index (χ1) is 8.24. The summed E-state index contributed by atoms with van der Waals surface area (Å²) in [5.41, 5.74) is 7.80. The highest BCUT2D eigenvalue weighted by Crippen LogP contribution is 2.39. The van der Waals surface area contributed by atoms with Gasteiger partial charge in [-0.25, -0.2) is 9.97 Å². The molecule has 2 aromatic rings. The van der Waals surface area contributed by atoms with E-state index in [1.165, 1.54) is 12.8 Å². The third-order valence-electron chi connectivity index (χ3n) is 2.86. The summed E-state index contributed by atoms with van der Waals surface area (Å²) >= 11 is 3.53. The Morgan fingerprint density at radius 1 is 1.18 bits per heavy atom. The molecule has 17 heavy (non-hydrogen) atoms. The van der Waals surface area contributed by atoms with Crippen molar-refractivity contribution >= 4 is 21.7 Å². The topological polar surface area (TPSA) is 51.8 Å². The molecule has 4 heteroatoms. The van der Waals surface area contributed by atoms with Crippen LogP contribution in [-0.4, -0.2) is 9.97 Å². The van der Waals surface area contributed by atoms with Crippen molar-refractivity contribution in [3.05, 3.63) is 40.6 Å². The van der Waals surface area contributed by atoms with Gasteiger partial charge in [0.25, 0.3) is 0 Å². The molecule has 1 aliphatic carbocycles. The van der Waals surface area contributed by atoms with Crippen LogP contribution in [0.2, 0.25) is 0 Å².